The first-order valence-corrected chi connectivity index (χ1v) is 6.64. The fraction of sp³-hybridized carbons (Fsp3) is 0.923. The van der Waals surface area contributed by atoms with Gasteiger partial charge in [0.25, 0.3) is 0 Å². The van der Waals surface area contributed by atoms with Gasteiger partial charge in [0.15, 0.2) is 0 Å². The molecule has 3 nitrogen and oxygen atoms in total. The molecule has 1 atom stereocenters. The molecule has 3 rings (SSSR count). The van der Waals surface area contributed by atoms with Crippen LogP contribution in [-0.4, -0.2) is 25.5 Å². The van der Waals surface area contributed by atoms with Crippen LogP contribution in [0.1, 0.15) is 39.0 Å². The molecule has 16 heavy (non-hydrogen) atoms. The van der Waals surface area contributed by atoms with Crippen LogP contribution in [0.4, 0.5) is 0 Å². The average molecular weight is 222 g/mol. The Balaban J connectivity index is 1.53. The second-order valence-electron chi connectivity index (χ2n) is 6.31. The first kappa shape index (κ1) is 10.6. The van der Waals surface area contributed by atoms with E-state index >= 15 is 0 Å². The van der Waals surface area contributed by atoms with E-state index in [2.05, 4.69) is 17.6 Å². The van der Waals surface area contributed by atoms with Gasteiger partial charge in [-0.3, -0.25) is 4.79 Å². The Kier molecular flexibility index (Phi) is 2.29. The van der Waals surface area contributed by atoms with Crippen molar-refractivity contribution >= 4 is 5.91 Å². The van der Waals surface area contributed by atoms with Crippen molar-refractivity contribution in [2.45, 2.75) is 39.0 Å². The first-order valence-electron chi connectivity index (χ1n) is 6.64. The van der Waals surface area contributed by atoms with E-state index in [4.69, 9.17) is 0 Å². The lowest BCUT2D eigenvalue weighted by Crippen LogP contribution is -2.43. The molecule has 0 bridgehead atoms. The molecule has 0 aromatic heterocycles. The van der Waals surface area contributed by atoms with Gasteiger partial charge in [-0.15, -0.1) is 0 Å². The molecule has 0 aromatic rings. The predicted molar refractivity (Wildman–Crippen MR) is 63.0 cm³/mol. The van der Waals surface area contributed by atoms with Crippen molar-refractivity contribution in [3.8, 4) is 0 Å². The SMILES string of the molecule is C[C@]1(C(=O)NCC2(C3CC3)CC2)CCNC1. The van der Waals surface area contributed by atoms with Gasteiger partial charge >= 0.3 is 0 Å². The van der Waals surface area contributed by atoms with Crippen LogP contribution in [0.5, 0.6) is 0 Å². The standard InChI is InChI=1S/C13H22N2O/c1-12(6-7-14-8-12)11(16)15-9-13(4-5-13)10-2-3-10/h10,14H,2-9H2,1H3,(H,15,16)/t12-/m0/s1. The van der Waals surface area contributed by atoms with Crippen LogP contribution in [-0.2, 0) is 4.79 Å². The highest BCUT2D eigenvalue weighted by Gasteiger charge is 2.54. The van der Waals surface area contributed by atoms with Crippen LogP contribution in [0.3, 0.4) is 0 Å². The van der Waals surface area contributed by atoms with Crippen LogP contribution >= 0.6 is 0 Å². The molecule has 0 radical (unpaired) electrons. The quantitative estimate of drug-likeness (QED) is 0.752. The van der Waals surface area contributed by atoms with Gasteiger partial charge in [0, 0.05) is 13.1 Å². The average Bonchev–Trinajstić information content (AvgIpc) is 3.15. The fourth-order valence-corrected chi connectivity index (χ4v) is 3.07. The summed E-state index contributed by atoms with van der Waals surface area (Å²) in [7, 11) is 0. The number of carbonyl (C=O) groups is 1. The summed E-state index contributed by atoms with van der Waals surface area (Å²) in [4.78, 5) is 12.1. The zero-order chi connectivity index (χ0) is 11.2. The Bertz CT molecular complexity index is 299. The zero-order valence-electron chi connectivity index (χ0n) is 10.1. The molecule has 90 valence electrons. The minimum atomic E-state index is -0.153. The van der Waals surface area contributed by atoms with Crippen LogP contribution in [0.15, 0.2) is 0 Å². The molecule has 1 amide bonds. The maximum atomic E-state index is 12.1. The van der Waals surface area contributed by atoms with Crippen LogP contribution in [0.2, 0.25) is 0 Å². The summed E-state index contributed by atoms with van der Waals surface area (Å²) >= 11 is 0. The van der Waals surface area contributed by atoms with Gasteiger partial charge in [0.2, 0.25) is 5.91 Å². The van der Waals surface area contributed by atoms with Gasteiger partial charge in [-0.05, 0) is 56.9 Å². The summed E-state index contributed by atoms with van der Waals surface area (Å²) in [6, 6.07) is 0. The van der Waals surface area contributed by atoms with Crippen molar-refractivity contribution in [1.29, 1.82) is 0 Å². The maximum Gasteiger partial charge on any atom is 0.227 e. The third kappa shape index (κ3) is 1.75. The zero-order valence-corrected chi connectivity index (χ0v) is 10.1. The van der Waals surface area contributed by atoms with Crippen molar-refractivity contribution in [1.82, 2.24) is 10.6 Å². The number of hydrogen-bond donors (Lipinski definition) is 2. The normalized spacial score (nSPS) is 36.1. The summed E-state index contributed by atoms with van der Waals surface area (Å²) in [6.07, 6.45) is 6.46. The molecule has 2 aliphatic carbocycles. The highest BCUT2D eigenvalue weighted by molar-refractivity contribution is 5.82. The van der Waals surface area contributed by atoms with Gasteiger partial charge in [0.1, 0.15) is 0 Å². The molecule has 3 aliphatic rings. The summed E-state index contributed by atoms with van der Waals surface area (Å²) in [6.45, 7) is 4.85. The Morgan fingerprint density at radius 3 is 2.62 bits per heavy atom. The molecule has 3 heteroatoms. The second-order valence-corrected chi connectivity index (χ2v) is 6.31. The Hall–Kier alpha value is -0.570. The van der Waals surface area contributed by atoms with E-state index < -0.39 is 0 Å². The molecule has 0 spiro atoms. The minimum absolute atomic E-state index is 0.153. The summed E-state index contributed by atoms with van der Waals surface area (Å²) in [5.41, 5.74) is 0.373. The molecule has 2 saturated carbocycles. The van der Waals surface area contributed by atoms with Crippen molar-refractivity contribution in [3.05, 3.63) is 0 Å². The second kappa shape index (κ2) is 3.46. The van der Waals surface area contributed by atoms with Crippen LogP contribution < -0.4 is 10.6 Å². The van der Waals surface area contributed by atoms with Gasteiger partial charge in [-0.25, -0.2) is 0 Å². The topological polar surface area (TPSA) is 41.1 Å². The lowest BCUT2D eigenvalue weighted by Gasteiger charge is -2.24. The third-order valence-electron chi connectivity index (χ3n) is 4.85. The number of amides is 1. The highest BCUT2D eigenvalue weighted by Crippen LogP contribution is 2.60. The van der Waals surface area contributed by atoms with Gasteiger partial charge in [0.05, 0.1) is 5.41 Å². The highest BCUT2D eigenvalue weighted by atomic mass is 16.2. The molecule has 3 fully saturated rings. The first-order chi connectivity index (χ1) is 7.65. The molecule has 1 heterocycles. The van der Waals surface area contributed by atoms with Crippen molar-refractivity contribution < 1.29 is 4.79 Å². The van der Waals surface area contributed by atoms with E-state index in [1.54, 1.807) is 0 Å². The van der Waals surface area contributed by atoms with Gasteiger partial charge < -0.3 is 10.6 Å². The maximum absolute atomic E-state index is 12.1. The van der Waals surface area contributed by atoms with Crippen molar-refractivity contribution in [3.63, 3.8) is 0 Å². The van der Waals surface area contributed by atoms with E-state index in [9.17, 15) is 4.79 Å². The Morgan fingerprint density at radius 2 is 2.12 bits per heavy atom. The summed E-state index contributed by atoms with van der Waals surface area (Å²) in [5.74, 6) is 1.20. The summed E-state index contributed by atoms with van der Waals surface area (Å²) < 4.78 is 0. The van der Waals surface area contributed by atoms with Gasteiger partial charge in [-0.2, -0.15) is 0 Å². The lowest BCUT2D eigenvalue weighted by molar-refractivity contribution is -0.129. The number of hydrogen-bond acceptors (Lipinski definition) is 2. The van der Waals surface area contributed by atoms with E-state index in [0.717, 1.165) is 32.0 Å². The summed E-state index contributed by atoms with van der Waals surface area (Å²) in [5, 5.41) is 6.49. The third-order valence-corrected chi connectivity index (χ3v) is 4.85. The van der Waals surface area contributed by atoms with Crippen molar-refractivity contribution in [2.75, 3.05) is 19.6 Å². The molecule has 1 aliphatic heterocycles. The minimum Gasteiger partial charge on any atom is -0.355 e. The molecular weight excluding hydrogens is 200 g/mol. The number of carbonyl (C=O) groups excluding carboxylic acids is 1. The van der Waals surface area contributed by atoms with Gasteiger partial charge in [-0.1, -0.05) is 0 Å². The van der Waals surface area contributed by atoms with E-state index in [0.29, 0.717) is 5.41 Å². The molecule has 1 saturated heterocycles. The Morgan fingerprint density at radius 1 is 1.38 bits per heavy atom. The lowest BCUT2D eigenvalue weighted by atomic mass is 9.88. The number of nitrogens with one attached hydrogen (secondary N) is 2. The molecule has 0 unspecified atom stereocenters. The number of rotatable bonds is 4. The van der Waals surface area contributed by atoms with E-state index in [1.807, 2.05) is 0 Å². The van der Waals surface area contributed by atoms with Crippen LogP contribution in [0, 0.1) is 16.7 Å². The van der Waals surface area contributed by atoms with Crippen LogP contribution in [0.25, 0.3) is 0 Å². The Labute approximate surface area is 97.4 Å². The predicted octanol–water partition coefficient (Wildman–Crippen LogP) is 1.29. The largest absolute Gasteiger partial charge is 0.355 e. The smallest absolute Gasteiger partial charge is 0.227 e. The fourth-order valence-electron chi connectivity index (χ4n) is 3.07. The molecule has 0 aromatic carbocycles. The molecule has 2 N–H and O–H groups in total. The van der Waals surface area contributed by atoms with Crippen molar-refractivity contribution in [2.24, 2.45) is 16.7 Å². The molecular formula is C13H22N2O. The van der Waals surface area contributed by atoms with E-state index in [1.165, 1.54) is 25.7 Å². The van der Waals surface area contributed by atoms with E-state index in [-0.39, 0.29) is 11.3 Å². The monoisotopic (exact) mass is 222 g/mol.